The molecule has 0 aromatic rings. The SMILES string of the molecule is C=C1C[C@@H](C(=O)O)N[C@@H](C(=O)O)C1. The molecule has 1 fully saturated rings. The van der Waals surface area contributed by atoms with Gasteiger partial charge in [-0.2, -0.15) is 0 Å². The van der Waals surface area contributed by atoms with Crippen LogP contribution in [0.3, 0.4) is 0 Å². The van der Waals surface area contributed by atoms with Crippen LogP contribution in [0.15, 0.2) is 12.2 Å². The van der Waals surface area contributed by atoms with Gasteiger partial charge in [0.25, 0.3) is 0 Å². The largest absolute Gasteiger partial charge is 0.480 e. The van der Waals surface area contributed by atoms with Crippen molar-refractivity contribution in [2.75, 3.05) is 0 Å². The molecular weight excluding hydrogens is 174 g/mol. The van der Waals surface area contributed by atoms with Crippen molar-refractivity contribution < 1.29 is 19.8 Å². The maximum atomic E-state index is 10.6. The van der Waals surface area contributed by atoms with E-state index in [1.807, 2.05) is 0 Å². The summed E-state index contributed by atoms with van der Waals surface area (Å²) < 4.78 is 0. The fraction of sp³-hybridized carbons (Fsp3) is 0.500. The summed E-state index contributed by atoms with van der Waals surface area (Å²) in [6, 6.07) is -1.63. The number of aliphatic carboxylic acids is 2. The van der Waals surface area contributed by atoms with E-state index in [-0.39, 0.29) is 0 Å². The van der Waals surface area contributed by atoms with Gasteiger partial charge in [0.15, 0.2) is 0 Å². The van der Waals surface area contributed by atoms with Crippen LogP contribution in [0.1, 0.15) is 12.8 Å². The van der Waals surface area contributed by atoms with E-state index in [4.69, 9.17) is 10.2 Å². The third-order valence-electron chi connectivity index (χ3n) is 1.98. The lowest BCUT2D eigenvalue weighted by Gasteiger charge is -2.27. The summed E-state index contributed by atoms with van der Waals surface area (Å²) in [5.74, 6) is -2.07. The second-order valence-electron chi connectivity index (χ2n) is 3.11. The van der Waals surface area contributed by atoms with Crippen LogP contribution in [0.4, 0.5) is 0 Å². The maximum Gasteiger partial charge on any atom is 0.321 e. The van der Waals surface area contributed by atoms with E-state index in [0.717, 1.165) is 0 Å². The maximum absolute atomic E-state index is 10.6. The van der Waals surface area contributed by atoms with Crippen LogP contribution in [0, 0.1) is 0 Å². The van der Waals surface area contributed by atoms with Gasteiger partial charge in [0.2, 0.25) is 0 Å². The van der Waals surface area contributed by atoms with E-state index >= 15 is 0 Å². The van der Waals surface area contributed by atoms with Crippen LogP contribution in [0.5, 0.6) is 0 Å². The lowest BCUT2D eigenvalue weighted by molar-refractivity contribution is -0.143. The molecule has 5 heteroatoms. The number of carboxylic acid groups (broad SMARTS) is 2. The molecule has 0 amide bonds. The number of hydrogen-bond donors (Lipinski definition) is 3. The molecule has 72 valence electrons. The molecule has 0 aromatic heterocycles. The number of piperidine rings is 1. The first kappa shape index (κ1) is 9.73. The van der Waals surface area contributed by atoms with Crippen molar-refractivity contribution in [2.24, 2.45) is 0 Å². The molecule has 1 aliphatic heterocycles. The van der Waals surface area contributed by atoms with Gasteiger partial charge in [-0.25, -0.2) is 0 Å². The Labute approximate surface area is 75.1 Å². The lowest BCUT2D eigenvalue weighted by Crippen LogP contribution is -2.50. The van der Waals surface area contributed by atoms with E-state index in [0.29, 0.717) is 18.4 Å². The number of carbonyl (C=O) groups is 2. The standard InChI is InChI=1S/C8H11NO4/c1-4-2-5(7(10)11)9-6(3-4)8(12)13/h5-6,9H,1-3H2,(H,10,11)(H,12,13)/t5-,6+. The minimum Gasteiger partial charge on any atom is -0.480 e. The predicted molar refractivity (Wildman–Crippen MR) is 44.4 cm³/mol. The van der Waals surface area contributed by atoms with E-state index in [2.05, 4.69) is 11.9 Å². The molecule has 0 bridgehead atoms. The molecule has 0 saturated carbocycles. The van der Waals surface area contributed by atoms with Crippen LogP contribution in [-0.4, -0.2) is 34.2 Å². The van der Waals surface area contributed by atoms with E-state index < -0.39 is 24.0 Å². The second kappa shape index (κ2) is 3.57. The number of carboxylic acids is 2. The first-order chi connectivity index (χ1) is 6.00. The minimum atomic E-state index is -1.04. The summed E-state index contributed by atoms with van der Waals surface area (Å²) in [4.78, 5) is 21.1. The highest BCUT2D eigenvalue weighted by atomic mass is 16.4. The molecule has 0 aromatic carbocycles. The predicted octanol–water partition coefficient (Wildman–Crippen LogP) is -0.168. The smallest absolute Gasteiger partial charge is 0.321 e. The Balaban J connectivity index is 2.68. The summed E-state index contributed by atoms with van der Waals surface area (Å²) in [6.07, 6.45) is 0.609. The zero-order chi connectivity index (χ0) is 10.0. The zero-order valence-electron chi connectivity index (χ0n) is 6.99. The van der Waals surface area contributed by atoms with Crippen molar-refractivity contribution in [3.8, 4) is 0 Å². The van der Waals surface area contributed by atoms with E-state index in [9.17, 15) is 9.59 Å². The van der Waals surface area contributed by atoms with Crippen molar-refractivity contribution in [3.05, 3.63) is 12.2 Å². The molecule has 1 heterocycles. The van der Waals surface area contributed by atoms with Gasteiger partial charge >= 0.3 is 11.9 Å². The molecule has 1 rings (SSSR count). The van der Waals surface area contributed by atoms with Crippen LogP contribution in [0.2, 0.25) is 0 Å². The summed E-state index contributed by atoms with van der Waals surface area (Å²) in [5, 5.41) is 19.8. The highest BCUT2D eigenvalue weighted by Gasteiger charge is 2.31. The molecule has 0 spiro atoms. The fourth-order valence-corrected chi connectivity index (χ4v) is 1.34. The highest BCUT2D eigenvalue weighted by molar-refractivity contribution is 5.79. The third-order valence-corrected chi connectivity index (χ3v) is 1.98. The second-order valence-corrected chi connectivity index (χ2v) is 3.11. The molecule has 0 unspecified atom stereocenters. The average molecular weight is 185 g/mol. The van der Waals surface area contributed by atoms with Gasteiger partial charge in [-0.1, -0.05) is 12.2 Å². The molecule has 0 radical (unpaired) electrons. The van der Waals surface area contributed by atoms with Gasteiger partial charge < -0.3 is 10.2 Å². The molecule has 5 nitrogen and oxygen atoms in total. The van der Waals surface area contributed by atoms with Gasteiger partial charge in [0.05, 0.1) is 0 Å². The first-order valence-electron chi connectivity index (χ1n) is 3.89. The Bertz CT molecular complexity index is 237. The Kier molecular flexibility index (Phi) is 2.67. The van der Waals surface area contributed by atoms with Gasteiger partial charge in [-0.15, -0.1) is 0 Å². The van der Waals surface area contributed by atoms with E-state index in [1.165, 1.54) is 0 Å². The van der Waals surface area contributed by atoms with Gasteiger partial charge in [0, 0.05) is 0 Å². The average Bonchev–Trinajstić information content (AvgIpc) is 2.03. The Hall–Kier alpha value is -1.36. The highest BCUT2D eigenvalue weighted by Crippen LogP contribution is 2.17. The topological polar surface area (TPSA) is 86.6 Å². The van der Waals surface area contributed by atoms with Crippen molar-refractivity contribution in [1.82, 2.24) is 5.32 Å². The molecule has 2 atom stereocenters. The third kappa shape index (κ3) is 2.29. The van der Waals surface area contributed by atoms with Crippen molar-refractivity contribution in [2.45, 2.75) is 24.9 Å². The first-order valence-corrected chi connectivity index (χ1v) is 3.89. The number of rotatable bonds is 2. The Morgan fingerprint density at radius 3 is 1.92 bits per heavy atom. The monoisotopic (exact) mass is 185 g/mol. The number of nitrogens with one attached hydrogen (secondary N) is 1. The summed E-state index contributed by atoms with van der Waals surface area (Å²) in [6.45, 7) is 3.61. The minimum absolute atomic E-state index is 0.305. The van der Waals surface area contributed by atoms with Crippen LogP contribution < -0.4 is 5.32 Å². The Morgan fingerprint density at radius 1 is 1.23 bits per heavy atom. The summed E-state index contributed by atoms with van der Waals surface area (Å²) in [7, 11) is 0. The van der Waals surface area contributed by atoms with Crippen LogP contribution in [-0.2, 0) is 9.59 Å². The molecule has 1 aliphatic rings. The normalized spacial score (nSPS) is 28.5. The van der Waals surface area contributed by atoms with Crippen LogP contribution >= 0.6 is 0 Å². The van der Waals surface area contributed by atoms with Crippen LogP contribution in [0.25, 0.3) is 0 Å². The van der Waals surface area contributed by atoms with Crippen molar-refractivity contribution in [3.63, 3.8) is 0 Å². The van der Waals surface area contributed by atoms with Gasteiger partial charge in [-0.3, -0.25) is 14.9 Å². The van der Waals surface area contributed by atoms with Gasteiger partial charge in [0.1, 0.15) is 12.1 Å². The quantitative estimate of drug-likeness (QED) is 0.520. The molecule has 0 aliphatic carbocycles. The summed E-state index contributed by atoms with van der Waals surface area (Å²) in [5.41, 5.74) is 0.665. The Morgan fingerprint density at radius 2 is 1.62 bits per heavy atom. The molecular formula is C8H11NO4. The lowest BCUT2D eigenvalue weighted by atomic mass is 9.94. The van der Waals surface area contributed by atoms with E-state index in [1.54, 1.807) is 0 Å². The summed E-state index contributed by atoms with van der Waals surface area (Å²) >= 11 is 0. The number of hydrogen-bond acceptors (Lipinski definition) is 3. The fourth-order valence-electron chi connectivity index (χ4n) is 1.34. The molecule has 3 N–H and O–H groups in total. The molecule has 13 heavy (non-hydrogen) atoms. The zero-order valence-corrected chi connectivity index (χ0v) is 6.99. The van der Waals surface area contributed by atoms with Gasteiger partial charge in [-0.05, 0) is 12.8 Å². The van der Waals surface area contributed by atoms with Crippen molar-refractivity contribution >= 4 is 11.9 Å². The van der Waals surface area contributed by atoms with Crippen molar-refractivity contribution in [1.29, 1.82) is 0 Å². The molecule has 1 saturated heterocycles.